The minimum Gasteiger partial charge on any atom is -0.462 e. The van der Waals surface area contributed by atoms with Crippen LogP contribution in [0.5, 0.6) is 0 Å². The van der Waals surface area contributed by atoms with Gasteiger partial charge in [-0.1, -0.05) is 0 Å². The molecule has 2 N–H and O–H groups in total. The van der Waals surface area contributed by atoms with Crippen molar-refractivity contribution in [1.29, 1.82) is 0 Å². The maximum atomic E-state index is 11.9. The van der Waals surface area contributed by atoms with Gasteiger partial charge in [0.2, 0.25) is 5.91 Å². The van der Waals surface area contributed by atoms with Crippen LogP contribution < -0.4 is 10.6 Å². The molecule has 2 rings (SSSR count). The molecule has 0 aliphatic carbocycles. The van der Waals surface area contributed by atoms with Crippen molar-refractivity contribution in [1.82, 2.24) is 5.32 Å². The third-order valence-corrected chi connectivity index (χ3v) is 3.32. The normalized spacial score (nSPS) is 16.9. The van der Waals surface area contributed by atoms with Gasteiger partial charge >= 0.3 is 5.97 Å². The van der Waals surface area contributed by atoms with Gasteiger partial charge in [0.15, 0.2) is 0 Å². The van der Waals surface area contributed by atoms with Crippen LogP contribution in [-0.2, 0) is 9.53 Å². The molecule has 1 atom stereocenters. The number of anilines is 1. The van der Waals surface area contributed by atoms with Crippen molar-refractivity contribution in [3.63, 3.8) is 0 Å². The molecule has 5 nitrogen and oxygen atoms in total. The molecule has 1 aromatic carbocycles. The zero-order valence-electron chi connectivity index (χ0n) is 12.1. The quantitative estimate of drug-likeness (QED) is 0.818. The van der Waals surface area contributed by atoms with Crippen molar-refractivity contribution >= 4 is 30.0 Å². The predicted octanol–water partition coefficient (Wildman–Crippen LogP) is 2.22. The number of hydrogen-bond donors (Lipinski definition) is 2. The fourth-order valence-corrected chi connectivity index (χ4v) is 2.27. The van der Waals surface area contributed by atoms with Crippen LogP contribution in [0, 0.1) is 5.92 Å². The Balaban J connectivity index is 0.00000220. The van der Waals surface area contributed by atoms with Gasteiger partial charge < -0.3 is 15.4 Å². The molecule has 1 saturated heterocycles. The summed E-state index contributed by atoms with van der Waals surface area (Å²) in [5.74, 6) is 0.0961. The molecule has 1 aliphatic heterocycles. The summed E-state index contributed by atoms with van der Waals surface area (Å²) < 4.78 is 4.90. The van der Waals surface area contributed by atoms with Gasteiger partial charge in [-0.05, 0) is 56.6 Å². The molecule has 0 saturated carbocycles. The number of halogens is 1. The second-order valence-electron chi connectivity index (χ2n) is 4.91. The lowest BCUT2D eigenvalue weighted by molar-refractivity contribution is -0.116. The first kappa shape index (κ1) is 17.5. The van der Waals surface area contributed by atoms with E-state index < -0.39 is 0 Å². The van der Waals surface area contributed by atoms with Gasteiger partial charge in [0.25, 0.3) is 0 Å². The van der Waals surface area contributed by atoms with Crippen molar-refractivity contribution in [3.8, 4) is 0 Å². The minimum absolute atomic E-state index is 0. The summed E-state index contributed by atoms with van der Waals surface area (Å²) >= 11 is 0. The topological polar surface area (TPSA) is 67.4 Å². The number of amides is 1. The van der Waals surface area contributed by atoms with Crippen LogP contribution in [0.3, 0.4) is 0 Å². The maximum absolute atomic E-state index is 11.9. The van der Waals surface area contributed by atoms with Crippen LogP contribution in [0.2, 0.25) is 0 Å². The SMILES string of the molecule is CCOC(=O)c1ccc(NC(=O)CC2CCNC2)cc1.Cl. The molecular formula is C15H21ClN2O3. The number of ether oxygens (including phenoxy) is 1. The molecule has 21 heavy (non-hydrogen) atoms. The summed E-state index contributed by atoms with van der Waals surface area (Å²) in [6.45, 7) is 4.03. The van der Waals surface area contributed by atoms with Crippen LogP contribution in [0.4, 0.5) is 5.69 Å². The van der Waals surface area contributed by atoms with E-state index in [1.165, 1.54) is 0 Å². The van der Waals surface area contributed by atoms with Crippen LogP contribution in [0.1, 0.15) is 30.1 Å². The summed E-state index contributed by atoms with van der Waals surface area (Å²) in [4.78, 5) is 23.4. The fourth-order valence-electron chi connectivity index (χ4n) is 2.27. The van der Waals surface area contributed by atoms with Gasteiger partial charge in [-0.3, -0.25) is 4.79 Å². The van der Waals surface area contributed by atoms with Crippen LogP contribution >= 0.6 is 12.4 Å². The number of benzene rings is 1. The second kappa shape index (κ2) is 8.64. The van der Waals surface area contributed by atoms with Crippen molar-refractivity contribution in [3.05, 3.63) is 29.8 Å². The number of esters is 1. The first-order valence-electron chi connectivity index (χ1n) is 6.96. The van der Waals surface area contributed by atoms with E-state index in [9.17, 15) is 9.59 Å². The third kappa shape index (κ3) is 5.36. The Labute approximate surface area is 130 Å². The molecule has 1 heterocycles. The van der Waals surface area contributed by atoms with Crippen molar-refractivity contribution < 1.29 is 14.3 Å². The van der Waals surface area contributed by atoms with Gasteiger partial charge in [-0.15, -0.1) is 12.4 Å². The number of carbonyl (C=O) groups is 2. The minimum atomic E-state index is -0.345. The van der Waals surface area contributed by atoms with E-state index in [-0.39, 0.29) is 24.3 Å². The lowest BCUT2D eigenvalue weighted by Gasteiger charge is -2.09. The number of carbonyl (C=O) groups excluding carboxylic acids is 2. The Kier molecular flexibility index (Phi) is 7.19. The summed E-state index contributed by atoms with van der Waals surface area (Å²) in [5, 5.41) is 6.09. The largest absolute Gasteiger partial charge is 0.462 e. The first-order chi connectivity index (χ1) is 9.69. The molecule has 1 unspecified atom stereocenters. The molecule has 0 aromatic heterocycles. The Morgan fingerprint density at radius 2 is 2.05 bits per heavy atom. The standard InChI is InChI=1S/C15H20N2O3.ClH/c1-2-20-15(19)12-3-5-13(6-4-12)17-14(18)9-11-7-8-16-10-11;/h3-6,11,16H,2,7-10H2,1H3,(H,17,18);1H. The molecular weight excluding hydrogens is 292 g/mol. The number of hydrogen-bond acceptors (Lipinski definition) is 4. The molecule has 1 aliphatic rings. The molecule has 1 aromatic rings. The van der Waals surface area contributed by atoms with Gasteiger partial charge in [-0.2, -0.15) is 0 Å². The third-order valence-electron chi connectivity index (χ3n) is 3.32. The van der Waals surface area contributed by atoms with Gasteiger partial charge in [0, 0.05) is 12.1 Å². The van der Waals surface area contributed by atoms with E-state index >= 15 is 0 Å². The molecule has 0 radical (unpaired) electrons. The van der Waals surface area contributed by atoms with Crippen LogP contribution in [0.25, 0.3) is 0 Å². The zero-order valence-corrected chi connectivity index (χ0v) is 12.9. The summed E-state index contributed by atoms with van der Waals surface area (Å²) in [6, 6.07) is 6.75. The smallest absolute Gasteiger partial charge is 0.338 e. The molecule has 1 amide bonds. The van der Waals surface area contributed by atoms with Crippen molar-refractivity contribution in [2.24, 2.45) is 5.92 Å². The molecule has 1 fully saturated rings. The van der Waals surface area contributed by atoms with E-state index in [4.69, 9.17) is 4.74 Å². The maximum Gasteiger partial charge on any atom is 0.338 e. The van der Waals surface area contributed by atoms with Crippen molar-refractivity contribution in [2.75, 3.05) is 25.0 Å². The zero-order chi connectivity index (χ0) is 14.4. The summed E-state index contributed by atoms with van der Waals surface area (Å²) in [5.41, 5.74) is 1.19. The van der Waals surface area contributed by atoms with E-state index in [0.717, 1.165) is 19.5 Å². The van der Waals surface area contributed by atoms with Crippen LogP contribution in [-0.4, -0.2) is 31.6 Å². The number of nitrogens with one attached hydrogen (secondary N) is 2. The molecule has 0 bridgehead atoms. The lowest BCUT2D eigenvalue weighted by Crippen LogP contribution is -2.18. The van der Waals surface area contributed by atoms with E-state index in [0.29, 0.717) is 30.2 Å². The Morgan fingerprint density at radius 3 is 2.62 bits per heavy atom. The van der Waals surface area contributed by atoms with E-state index in [2.05, 4.69) is 10.6 Å². The highest BCUT2D eigenvalue weighted by Crippen LogP contribution is 2.15. The second-order valence-corrected chi connectivity index (χ2v) is 4.91. The van der Waals surface area contributed by atoms with Crippen molar-refractivity contribution in [2.45, 2.75) is 19.8 Å². The molecule has 6 heteroatoms. The highest BCUT2D eigenvalue weighted by Gasteiger charge is 2.18. The van der Waals surface area contributed by atoms with Crippen LogP contribution in [0.15, 0.2) is 24.3 Å². The van der Waals surface area contributed by atoms with Gasteiger partial charge in [0.05, 0.1) is 12.2 Å². The lowest BCUT2D eigenvalue weighted by atomic mass is 10.0. The average Bonchev–Trinajstić information content (AvgIpc) is 2.92. The Hall–Kier alpha value is -1.59. The number of rotatable bonds is 5. The first-order valence-corrected chi connectivity index (χ1v) is 6.96. The van der Waals surface area contributed by atoms with E-state index in [1.807, 2.05) is 0 Å². The highest BCUT2D eigenvalue weighted by molar-refractivity contribution is 5.93. The summed E-state index contributed by atoms with van der Waals surface area (Å²) in [6.07, 6.45) is 1.59. The molecule has 116 valence electrons. The fraction of sp³-hybridized carbons (Fsp3) is 0.467. The van der Waals surface area contributed by atoms with E-state index in [1.54, 1.807) is 31.2 Å². The predicted molar refractivity (Wildman–Crippen MR) is 83.9 cm³/mol. The average molecular weight is 313 g/mol. The molecule has 0 spiro atoms. The highest BCUT2D eigenvalue weighted by atomic mass is 35.5. The Morgan fingerprint density at radius 1 is 1.33 bits per heavy atom. The van der Waals surface area contributed by atoms with Gasteiger partial charge in [-0.25, -0.2) is 4.79 Å². The summed E-state index contributed by atoms with van der Waals surface area (Å²) in [7, 11) is 0. The Bertz CT molecular complexity index is 470. The monoisotopic (exact) mass is 312 g/mol. The van der Waals surface area contributed by atoms with Gasteiger partial charge in [0.1, 0.15) is 0 Å².